The van der Waals surface area contributed by atoms with Crippen molar-refractivity contribution in [3.05, 3.63) is 42.0 Å². The molecule has 0 amide bonds. The molecular formula is C13H17Cl2SiZr-. The van der Waals surface area contributed by atoms with Crippen LogP contribution in [-0.2, 0) is 26.9 Å². The monoisotopic (exact) mass is 361 g/mol. The molecule has 2 aromatic carbocycles. The Morgan fingerprint density at radius 2 is 1.76 bits per heavy atom. The van der Waals surface area contributed by atoms with Gasteiger partial charge in [-0.1, -0.05) is 31.8 Å². The summed E-state index contributed by atoms with van der Waals surface area (Å²) < 4.78 is 0. The SMILES string of the molecule is C[Si](C)(C)Cc1c[cH-]c2ccccc12.[Cl][Zr][Cl]. The molecule has 0 aliphatic carbocycles. The van der Waals surface area contributed by atoms with E-state index in [-0.39, 0.29) is 0 Å². The summed E-state index contributed by atoms with van der Waals surface area (Å²) in [4.78, 5) is 0. The van der Waals surface area contributed by atoms with Gasteiger partial charge >= 0.3 is 37.9 Å². The Kier molecular flexibility index (Phi) is 6.58. The predicted molar refractivity (Wildman–Crippen MR) is 78.3 cm³/mol. The summed E-state index contributed by atoms with van der Waals surface area (Å²) in [6.07, 6.45) is 0. The van der Waals surface area contributed by atoms with Gasteiger partial charge in [-0.3, -0.25) is 0 Å². The molecule has 0 saturated carbocycles. The van der Waals surface area contributed by atoms with Crippen molar-refractivity contribution >= 4 is 35.9 Å². The standard InChI is InChI=1S/C13H17Si.2ClH.Zr/c1-14(2,3)10-12-9-8-11-6-4-5-7-13(11)12;;;/h4-9H,10H2,1-3H3;2*1H;/q-1;;;+2/p-2. The van der Waals surface area contributed by atoms with Gasteiger partial charge in [-0.25, -0.2) is 0 Å². The minimum absolute atomic E-state index is 0.826. The molecule has 0 heterocycles. The van der Waals surface area contributed by atoms with Crippen molar-refractivity contribution in [3.8, 4) is 0 Å². The first-order valence-corrected chi connectivity index (χ1v) is 15.6. The molecule has 0 aromatic heterocycles. The summed E-state index contributed by atoms with van der Waals surface area (Å²) in [7, 11) is 8.89. The van der Waals surface area contributed by atoms with E-state index in [0.717, 1.165) is 0 Å². The molecule has 17 heavy (non-hydrogen) atoms. The molecule has 0 radical (unpaired) electrons. The molecule has 0 saturated heterocycles. The first-order chi connectivity index (χ1) is 7.98. The molecule has 2 rings (SSSR count). The quantitative estimate of drug-likeness (QED) is 0.498. The Morgan fingerprint density at radius 3 is 2.35 bits per heavy atom. The van der Waals surface area contributed by atoms with Crippen molar-refractivity contribution in [2.24, 2.45) is 0 Å². The number of fused-ring (bicyclic) bond motifs is 1. The summed E-state index contributed by atoms with van der Waals surface area (Å²) in [5.74, 6) is 0. The van der Waals surface area contributed by atoms with E-state index in [1.165, 1.54) is 16.8 Å². The predicted octanol–water partition coefficient (Wildman–Crippen LogP) is 5.36. The molecule has 0 bridgehead atoms. The van der Waals surface area contributed by atoms with E-state index >= 15 is 0 Å². The van der Waals surface area contributed by atoms with E-state index in [4.69, 9.17) is 17.0 Å². The summed E-state index contributed by atoms with van der Waals surface area (Å²) in [5, 5.41) is 2.84. The molecule has 92 valence electrons. The third kappa shape index (κ3) is 5.34. The van der Waals surface area contributed by atoms with Gasteiger partial charge in [0.15, 0.2) is 0 Å². The normalized spacial score (nSPS) is 10.9. The van der Waals surface area contributed by atoms with Gasteiger partial charge in [0.1, 0.15) is 0 Å². The fourth-order valence-corrected chi connectivity index (χ4v) is 3.39. The van der Waals surface area contributed by atoms with Crippen LogP contribution in [0.3, 0.4) is 0 Å². The zero-order valence-corrected chi connectivity index (χ0v) is 15.4. The fraction of sp³-hybridized carbons (Fsp3) is 0.308. The van der Waals surface area contributed by atoms with E-state index in [2.05, 4.69) is 56.0 Å². The second-order valence-corrected chi connectivity index (χ2v) is 14.5. The van der Waals surface area contributed by atoms with Crippen LogP contribution in [0.5, 0.6) is 0 Å². The second kappa shape index (κ2) is 7.19. The first kappa shape index (κ1) is 15.6. The van der Waals surface area contributed by atoms with Crippen LogP contribution in [0.2, 0.25) is 19.6 Å². The number of benzene rings is 1. The van der Waals surface area contributed by atoms with Crippen molar-refractivity contribution in [1.29, 1.82) is 0 Å². The summed E-state index contributed by atoms with van der Waals surface area (Å²) in [6, 6.07) is 14.5. The van der Waals surface area contributed by atoms with Gasteiger partial charge in [0.2, 0.25) is 0 Å². The molecule has 0 spiro atoms. The molecule has 0 N–H and O–H groups in total. The van der Waals surface area contributed by atoms with Crippen molar-refractivity contribution in [1.82, 2.24) is 0 Å². The summed E-state index contributed by atoms with van der Waals surface area (Å²) in [6.45, 7) is 7.28. The average Bonchev–Trinajstić information content (AvgIpc) is 2.61. The van der Waals surface area contributed by atoms with Crippen molar-refractivity contribution in [3.63, 3.8) is 0 Å². The number of rotatable bonds is 2. The summed E-state index contributed by atoms with van der Waals surface area (Å²) in [5.41, 5.74) is 1.54. The maximum atomic E-state index is 4.93. The molecule has 2 aromatic rings. The second-order valence-electron chi connectivity index (χ2n) is 5.25. The Hall–Kier alpha value is 0.510. The van der Waals surface area contributed by atoms with Crippen LogP contribution in [0, 0.1) is 0 Å². The van der Waals surface area contributed by atoms with Gasteiger partial charge in [-0.2, -0.15) is 11.6 Å². The van der Waals surface area contributed by atoms with Crippen LogP contribution in [-0.4, -0.2) is 8.07 Å². The van der Waals surface area contributed by atoms with Crippen molar-refractivity contribution < 1.29 is 20.8 Å². The Balaban J connectivity index is 0.000000437. The average molecular weight is 363 g/mol. The molecule has 0 fully saturated rings. The van der Waals surface area contributed by atoms with E-state index in [0.29, 0.717) is 0 Å². The zero-order chi connectivity index (χ0) is 12.9. The molecule has 0 aliphatic rings. The van der Waals surface area contributed by atoms with E-state index in [9.17, 15) is 0 Å². The van der Waals surface area contributed by atoms with Crippen LogP contribution in [0.1, 0.15) is 5.56 Å². The Labute approximate surface area is 123 Å². The molecule has 0 nitrogen and oxygen atoms in total. The molecule has 0 aliphatic heterocycles. The van der Waals surface area contributed by atoms with Crippen LogP contribution in [0.4, 0.5) is 0 Å². The minimum atomic E-state index is -0.979. The van der Waals surface area contributed by atoms with E-state index in [1.54, 1.807) is 5.56 Å². The van der Waals surface area contributed by atoms with Gasteiger partial charge in [0.25, 0.3) is 0 Å². The van der Waals surface area contributed by atoms with Crippen molar-refractivity contribution in [2.75, 3.05) is 0 Å². The van der Waals surface area contributed by atoms with Crippen molar-refractivity contribution in [2.45, 2.75) is 25.7 Å². The number of halogens is 2. The van der Waals surface area contributed by atoms with Gasteiger partial charge in [0, 0.05) is 8.07 Å². The Bertz CT molecular complexity index is 460. The fourth-order valence-electron chi connectivity index (χ4n) is 1.94. The van der Waals surface area contributed by atoms with Gasteiger partial charge in [0.05, 0.1) is 0 Å². The third-order valence-corrected chi connectivity index (χ3v) is 3.93. The van der Waals surface area contributed by atoms with Crippen LogP contribution < -0.4 is 0 Å². The molecule has 4 heteroatoms. The molecule has 0 atom stereocenters. The number of hydrogen-bond donors (Lipinski definition) is 0. The van der Waals surface area contributed by atoms with Gasteiger partial charge in [-0.15, -0.1) is 35.0 Å². The maximum absolute atomic E-state index is 4.93. The topological polar surface area (TPSA) is 0 Å². The van der Waals surface area contributed by atoms with Crippen LogP contribution >= 0.6 is 17.0 Å². The van der Waals surface area contributed by atoms with Crippen LogP contribution in [0.25, 0.3) is 10.8 Å². The summed E-state index contributed by atoms with van der Waals surface area (Å²) >= 11 is -0.826. The van der Waals surface area contributed by atoms with Gasteiger partial charge in [-0.05, 0) is 0 Å². The number of hydrogen-bond acceptors (Lipinski definition) is 0. The molecular weight excluding hydrogens is 346 g/mol. The van der Waals surface area contributed by atoms with E-state index in [1.807, 2.05) is 0 Å². The zero-order valence-electron chi connectivity index (χ0n) is 10.4. The third-order valence-electron chi connectivity index (χ3n) is 2.49. The Morgan fingerprint density at radius 1 is 1.18 bits per heavy atom. The first-order valence-electron chi connectivity index (χ1n) is 5.57. The van der Waals surface area contributed by atoms with E-state index < -0.39 is 28.9 Å². The molecule has 0 unspecified atom stereocenters. The van der Waals surface area contributed by atoms with Crippen LogP contribution in [0.15, 0.2) is 36.4 Å². The van der Waals surface area contributed by atoms with Gasteiger partial charge < -0.3 is 0 Å².